The summed E-state index contributed by atoms with van der Waals surface area (Å²) in [5, 5.41) is 3.65. The summed E-state index contributed by atoms with van der Waals surface area (Å²) in [7, 11) is 3.34. The zero-order valence-electron chi connectivity index (χ0n) is 12.5. The van der Waals surface area contributed by atoms with Crippen molar-refractivity contribution in [3.63, 3.8) is 0 Å². The van der Waals surface area contributed by atoms with Crippen molar-refractivity contribution in [3.8, 4) is 5.75 Å². The topological polar surface area (TPSA) is 47.6 Å². The Hall–Kier alpha value is -1.26. The molecule has 0 radical (unpaired) electrons. The molecule has 0 atom stereocenters. The van der Waals surface area contributed by atoms with E-state index in [4.69, 9.17) is 21.1 Å². The van der Waals surface area contributed by atoms with E-state index >= 15 is 0 Å². The standard InChI is InChI=1S/C16H22ClNO3/c1-20-13-7-4-12(5-8-13)18-16(19)9-11-3-6-14(21-2)10-15(11)17/h3,6,10,12-13H,4-5,7-9H2,1-2H3,(H,18,19). The van der Waals surface area contributed by atoms with Crippen LogP contribution in [0.1, 0.15) is 31.2 Å². The maximum Gasteiger partial charge on any atom is 0.224 e. The molecular weight excluding hydrogens is 290 g/mol. The first-order valence-electron chi connectivity index (χ1n) is 7.27. The number of carbonyl (C=O) groups is 1. The second kappa shape index (κ2) is 7.66. The molecule has 5 heteroatoms. The molecule has 1 aromatic carbocycles. The third kappa shape index (κ3) is 4.61. The largest absolute Gasteiger partial charge is 0.497 e. The first kappa shape index (κ1) is 16.1. The van der Waals surface area contributed by atoms with E-state index in [1.165, 1.54) is 0 Å². The Morgan fingerprint density at radius 1 is 1.29 bits per heavy atom. The summed E-state index contributed by atoms with van der Waals surface area (Å²) in [4.78, 5) is 12.1. The zero-order valence-corrected chi connectivity index (χ0v) is 13.3. The molecule has 0 unspecified atom stereocenters. The van der Waals surface area contributed by atoms with Crippen LogP contribution in [0.3, 0.4) is 0 Å². The average molecular weight is 312 g/mol. The maximum absolute atomic E-state index is 12.1. The molecule has 0 aromatic heterocycles. The Morgan fingerprint density at radius 2 is 2.00 bits per heavy atom. The van der Waals surface area contributed by atoms with E-state index in [-0.39, 0.29) is 11.9 Å². The molecule has 0 spiro atoms. The average Bonchev–Trinajstić information content (AvgIpc) is 2.50. The summed E-state index contributed by atoms with van der Waals surface area (Å²) in [6.07, 6.45) is 4.60. The Balaban J connectivity index is 1.85. The van der Waals surface area contributed by atoms with Gasteiger partial charge >= 0.3 is 0 Å². The van der Waals surface area contributed by atoms with Crippen LogP contribution in [-0.4, -0.2) is 32.3 Å². The molecule has 1 aromatic rings. The maximum atomic E-state index is 12.1. The molecule has 1 aliphatic carbocycles. The second-order valence-corrected chi connectivity index (χ2v) is 5.82. The molecule has 1 aliphatic rings. The van der Waals surface area contributed by atoms with E-state index in [0.29, 0.717) is 23.3 Å². The number of rotatable bonds is 5. The summed E-state index contributed by atoms with van der Waals surface area (Å²) in [6, 6.07) is 5.63. The molecule has 1 N–H and O–H groups in total. The van der Waals surface area contributed by atoms with Gasteiger partial charge in [0.15, 0.2) is 0 Å². The summed E-state index contributed by atoms with van der Waals surface area (Å²) < 4.78 is 10.4. The van der Waals surface area contributed by atoms with Gasteiger partial charge in [0.2, 0.25) is 5.91 Å². The van der Waals surface area contributed by atoms with E-state index in [0.717, 1.165) is 31.2 Å². The molecule has 4 nitrogen and oxygen atoms in total. The number of amides is 1. The number of carbonyl (C=O) groups excluding carboxylic acids is 1. The fourth-order valence-electron chi connectivity index (χ4n) is 2.69. The van der Waals surface area contributed by atoms with Crippen LogP contribution in [0.4, 0.5) is 0 Å². The van der Waals surface area contributed by atoms with Crippen LogP contribution in [-0.2, 0) is 16.0 Å². The number of ether oxygens (including phenoxy) is 2. The Bertz CT molecular complexity index is 484. The number of halogens is 1. The smallest absolute Gasteiger partial charge is 0.224 e. The lowest BCUT2D eigenvalue weighted by atomic mass is 9.93. The van der Waals surface area contributed by atoms with Crippen molar-refractivity contribution < 1.29 is 14.3 Å². The Morgan fingerprint density at radius 3 is 2.57 bits per heavy atom. The van der Waals surface area contributed by atoms with E-state index in [1.54, 1.807) is 20.3 Å². The van der Waals surface area contributed by atoms with Crippen LogP contribution in [0, 0.1) is 0 Å². The fraction of sp³-hybridized carbons (Fsp3) is 0.562. The SMILES string of the molecule is COc1ccc(CC(=O)NC2CCC(OC)CC2)c(Cl)c1. The van der Waals surface area contributed by atoms with Crippen molar-refractivity contribution in [2.75, 3.05) is 14.2 Å². The molecule has 0 saturated heterocycles. The lowest BCUT2D eigenvalue weighted by Gasteiger charge is -2.28. The van der Waals surface area contributed by atoms with Crippen LogP contribution < -0.4 is 10.1 Å². The highest BCUT2D eigenvalue weighted by Gasteiger charge is 2.22. The predicted molar refractivity (Wildman–Crippen MR) is 82.9 cm³/mol. The zero-order chi connectivity index (χ0) is 15.2. The lowest BCUT2D eigenvalue weighted by Crippen LogP contribution is -2.39. The molecule has 116 valence electrons. The van der Waals surface area contributed by atoms with Gasteiger partial charge in [-0.2, -0.15) is 0 Å². The Kier molecular flexibility index (Phi) is 5.88. The van der Waals surface area contributed by atoms with Crippen LogP contribution in [0.25, 0.3) is 0 Å². The van der Waals surface area contributed by atoms with E-state index in [9.17, 15) is 4.79 Å². The highest BCUT2D eigenvalue weighted by molar-refractivity contribution is 6.31. The molecule has 21 heavy (non-hydrogen) atoms. The van der Waals surface area contributed by atoms with E-state index in [1.807, 2.05) is 12.1 Å². The van der Waals surface area contributed by atoms with Crippen molar-refractivity contribution in [1.82, 2.24) is 5.32 Å². The van der Waals surface area contributed by atoms with Crippen molar-refractivity contribution in [2.45, 2.75) is 44.2 Å². The number of methoxy groups -OCH3 is 2. The summed E-state index contributed by atoms with van der Waals surface area (Å²) in [5.74, 6) is 0.713. The second-order valence-electron chi connectivity index (χ2n) is 5.41. The molecule has 1 saturated carbocycles. The van der Waals surface area contributed by atoms with Gasteiger partial charge in [-0.1, -0.05) is 17.7 Å². The van der Waals surface area contributed by atoms with Crippen molar-refractivity contribution in [3.05, 3.63) is 28.8 Å². The van der Waals surface area contributed by atoms with Crippen molar-refractivity contribution >= 4 is 17.5 Å². The van der Waals surface area contributed by atoms with Crippen molar-refractivity contribution in [1.29, 1.82) is 0 Å². The molecule has 0 bridgehead atoms. The van der Waals surface area contributed by atoms with Gasteiger partial charge in [-0.05, 0) is 43.4 Å². The predicted octanol–water partition coefficient (Wildman–Crippen LogP) is 2.96. The number of nitrogens with one attached hydrogen (secondary N) is 1. The van der Waals surface area contributed by atoms with E-state index < -0.39 is 0 Å². The van der Waals surface area contributed by atoms with Gasteiger partial charge in [0.05, 0.1) is 19.6 Å². The lowest BCUT2D eigenvalue weighted by molar-refractivity contribution is -0.121. The fourth-order valence-corrected chi connectivity index (χ4v) is 2.93. The quantitative estimate of drug-likeness (QED) is 0.909. The highest BCUT2D eigenvalue weighted by Crippen LogP contribution is 2.24. The minimum absolute atomic E-state index is 0.0166. The monoisotopic (exact) mass is 311 g/mol. The normalized spacial score (nSPS) is 21.9. The van der Waals surface area contributed by atoms with Gasteiger partial charge in [-0.15, -0.1) is 0 Å². The number of hydrogen-bond donors (Lipinski definition) is 1. The first-order chi connectivity index (χ1) is 10.1. The van der Waals surface area contributed by atoms with Gasteiger partial charge in [-0.3, -0.25) is 4.79 Å². The van der Waals surface area contributed by atoms with E-state index in [2.05, 4.69) is 5.32 Å². The molecule has 1 amide bonds. The summed E-state index contributed by atoms with van der Waals surface area (Å²) in [5.41, 5.74) is 0.820. The Labute approximate surface area is 130 Å². The van der Waals surface area contributed by atoms with Gasteiger partial charge in [0.1, 0.15) is 5.75 Å². The van der Waals surface area contributed by atoms with Crippen LogP contribution in [0.15, 0.2) is 18.2 Å². The first-order valence-corrected chi connectivity index (χ1v) is 7.64. The summed E-state index contributed by atoms with van der Waals surface area (Å²) in [6.45, 7) is 0. The van der Waals surface area contributed by atoms with Gasteiger partial charge in [-0.25, -0.2) is 0 Å². The number of benzene rings is 1. The van der Waals surface area contributed by atoms with Crippen molar-refractivity contribution in [2.24, 2.45) is 0 Å². The van der Waals surface area contributed by atoms with Gasteiger partial charge in [0.25, 0.3) is 0 Å². The summed E-state index contributed by atoms with van der Waals surface area (Å²) >= 11 is 6.16. The molecule has 1 fully saturated rings. The molecular formula is C16H22ClNO3. The highest BCUT2D eigenvalue weighted by atomic mass is 35.5. The van der Waals surface area contributed by atoms with Crippen LogP contribution in [0.2, 0.25) is 5.02 Å². The number of hydrogen-bond acceptors (Lipinski definition) is 3. The minimum Gasteiger partial charge on any atom is -0.497 e. The van der Waals surface area contributed by atoms with Crippen LogP contribution >= 0.6 is 11.6 Å². The van der Waals surface area contributed by atoms with Crippen LogP contribution in [0.5, 0.6) is 5.75 Å². The molecule has 0 aliphatic heterocycles. The third-order valence-corrected chi connectivity index (χ3v) is 4.34. The minimum atomic E-state index is 0.0166. The third-order valence-electron chi connectivity index (χ3n) is 3.98. The molecule has 2 rings (SSSR count). The van der Waals surface area contributed by atoms with Gasteiger partial charge in [0, 0.05) is 18.2 Å². The van der Waals surface area contributed by atoms with Gasteiger partial charge < -0.3 is 14.8 Å². The molecule has 0 heterocycles.